The molecular weight excluding hydrogens is 230 g/mol. The van der Waals surface area contributed by atoms with Crippen LogP contribution in [-0.4, -0.2) is 29.5 Å². The third-order valence-electron chi connectivity index (χ3n) is 1.27. The standard InChI is InChI=1S/C7H12ClNO6/c1-5(15-9(11)12)3-4-13-7(10)14-6(2)8/h5-6H,3-4H2,1-2H3/t5-,6?/m1/s1. The molecule has 0 bridgehead atoms. The minimum absolute atomic E-state index is 0.0303. The van der Waals surface area contributed by atoms with E-state index in [4.69, 9.17) is 11.6 Å². The highest BCUT2D eigenvalue weighted by Crippen LogP contribution is 2.01. The minimum Gasteiger partial charge on any atom is -0.434 e. The van der Waals surface area contributed by atoms with Crippen LogP contribution in [0.5, 0.6) is 0 Å². The van der Waals surface area contributed by atoms with Gasteiger partial charge in [0, 0.05) is 6.42 Å². The van der Waals surface area contributed by atoms with Gasteiger partial charge in [-0.3, -0.25) is 0 Å². The van der Waals surface area contributed by atoms with Gasteiger partial charge in [0.25, 0.3) is 5.09 Å². The molecule has 0 aliphatic carbocycles. The van der Waals surface area contributed by atoms with E-state index < -0.39 is 22.9 Å². The normalized spacial score (nSPS) is 13.8. The van der Waals surface area contributed by atoms with Gasteiger partial charge in [0.1, 0.15) is 6.10 Å². The first-order valence-corrected chi connectivity index (χ1v) is 4.64. The van der Waals surface area contributed by atoms with Crippen LogP contribution in [0.1, 0.15) is 20.3 Å². The fraction of sp³-hybridized carbons (Fsp3) is 0.857. The van der Waals surface area contributed by atoms with Gasteiger partial charge in [0.05, 0.1) is 6.61 Å². The first-order chi connectivity index (χ1) is 6.91. The van der Waals surface area contributed by atoms with Gasteiger partial charge in [0.15, 0.2) is 5.56 Å². The predicted molar refractivity (Wildman–Crippen MR) is 49.9 cm³/mol. The summed E-state index contributed by atoms with van der Waals surface area (Å²) in [4.78, 5) is 24.8. The number of halogens is 1. The zero-order valence-corrected chi connectivity index (χ0v) is 9.10. The largest absolute Gasteiger partial charge is 0.509 e. The quantitative estimate of drug-likeness (QED) is 0.304. The van der Waals surface area contributed by atoms with Gasteiger partial charge in [-0.05, 0) is 13.8 Å². The number of carbonyl (C=O) groups is 1. The fourth-order valence-electron chi connectivity index (χ4n) is 0.674. The summed E-state index contributed by atoms with van der Waals surface area (Å²) in [5.41, 5.74) is -0.773. The molecule has 0 fully saturated rings. The van der Waals surface area contributed by atoms with Crippen molar-refractivity contribution >= 4 is 17.8 Å². The van der Waals surface area contributed by atoms with Crippen LogP contribution in [0.2, 0.25) is 0 Å². The van der Waals surface area contributed by atoms with E-state index in [1.165, 1.54) is 13.8 Å². The zero-order chi connectivity index (χ0) is 11.8. The summed E-state index contributed by atoms with van der Waals surface area (Å²) in [6, 6.07) is 0. The van der Waals surface area contributed by atoms with Crippen LogP contribution in [0.15, 0.2) is 0 Å². The summed E-state index contributed by atoms with van der Waals surface area (Å²) in [6.07, 6.45) is -1.35. The zero-order valence-electron chi connectivity index (χ0n) is 8.34. The summed E-state index contributed by atoms with van der Waals surface area (Å²) in [7, 11) is 0. The molecule has 0 saturated heterocycles. The maximum absolute atomic E-state index is 10.8. The van der Waals surface area contributed by atoms with Crippen LogP contribution < -0.4 is 0 Å². The smallest absolute Gasteiger partial charge is 0.434 e. The number of hydrogen-bond donors (Lipinski definition) is 0. The van der Waals surface area contributed by atoms with Crippen LogP contribution in [0.4, 0.5) is 4.79 Å². The molecule has 1 unspecified atom stereocenters. The second-order valence-corrected chi connectivity index (χ2v) is 3.30. The summed E-state index contributed by atoms with van der Waals surface area (Å²) >= 11 is 5.35. The van der Waals surface area contributed by atoms with Gasteiger partial charge < -0.3 is 14.3 Å². The molecule has 7 nitrogen and oxygen atoms in total. The van der Waals surface area contributed by atoms with Gasteiger partial charge in [-0.2, -0.15) is 0 Å². The van der Waals surface area contributed by atoms with Crippen molar-refractivity contribution in [3.63, 3.8) is 0 Å². The Labute approximate surface area is 91.3 Å². The van der Waals surface area contributed by atoms with E-state index in [2.05, 4.69) is 14.3 Å². The number of ether oxygens (including phenoxy) is 2. The molecule has 0 spiro atoms. The summed E-state index contributed by atoms with van der Waals surface area (Å²) in [5, 5.41) is 8.99. The van der Waals surface area contributed by atoms with Crippen molar-refractivity contribution in [1.29, 1.82) is 0 Å². The van der Waals surface area contributed by atoms with Crippen molar-refractivity contribution in [2.24, 2.45) is 0 Å². The lowest BCUT2D eigenvalue weighted by Gasteiger charge is -2.10. The number of rotatable bonds is 6. The van der Waals surface area contributed by atoms with E-state index in [1.807, 2.05) is 0 Å². The Hall–Kier alpha value is -1.24. The summed E-state index contributed by atoms with van der Waals surface area (Å²) in [6.45, 7) is 2.92. The van der Waals surface area contributed by atoms with Crippen molar-refractivity contribution in [3.8, 4) is 0 Å². The number of carbonyl (C=O) groups excluding carboxylic acids is 1. The van der Waals surface area contributed by atoms with Crippen molar-refractivity contribution in [1.82, 2.24) is 0 Å². The van der Waals surface area contributed by atoms with Crippen molar-refractivity contribution in [2.45, 2.75) is 31.9 Å². The van der Waals surface area contributed by atoms with Crippen LogP contribution in [0, 0.1) is 10.1 Å². The Balaban J connectivity index is 3.52. The highest BCUT2D eigenvalue weighted by atomic mass is 35.5. The molecule has 0 amide bonds. The molecule has 0 aromatic heterocycles. The molecule has 2 atom stereocenters. The van der Waals surface area contributed by atoms with Gasteiger partial charge in [-0.15, -0.1) is 10.1 Å². The molecule has 0 aliphatic rings. The minimum atomic E-state index is -0.911. The molecule has 0 saturated carbocycles. The monoisotopic (exact) mass is 241 g/mol. The van der Waals surface area contributed by atoms with Crippen LogP contribution in [0.3, 0.4) is 0 Å². The molecule has 0 N–H and O–H groups in total. The van der Waals surface area contributed by atoms with Gasteiger partial charge in [-0.1, -0.05) is 11.6 Å². The Morgan fingerprint density at radius 3 is 2.60 bits per heavy atom. The lowest BCUT2D eigenvalue weighted by molar-refractivity contribution is -0.767. The van der Waals surface area contributed by atoms with Crippen LogP contribution >= 0.6 is 11.6 Å². The number of nitrogens with zero attached hydrogens (tertiary/aromatic N) is 1. The van der Waals surface area contributed by atoms with Crippen molar-refractivity contribution in [2.75, 3.05) is 6.61 Å². The Kier molecular flexibility index (Phi) is 6.52. The predicted octanol–water partition coefficient (Wildman–Crippen LogP) is 1.71. The molecule has 0 aromatic rings. The number of alkyl halides is 1. The molecule has 0 aliphatic heterocycles. The number of hydrogen-bond acceptors (Lipinski definition) is 6. The average molecular weight is 242 g/mol. The summed E-state index contributed by atoms with van der Waals surface area (Å²) < 4.78 is 9.00. The van der Waals surface area contributed by atoms with E-state index in [0.717, 1.165) is 0 Å². The van der Waals surface area contributed by atoms with Crippen molar-refractivity contribution < 1.29 is 24.2 Å². The first kappa shape index (κ1) is 13.8. The molecule has 15 heavy (non-hydrogen) atoms. The Morgan fingerprint density at radius 1 is 1.53 bits per heavy atom. The van der Waals surface area contributed by atoms with Gasteiger partial charge >= 0.3 is 6.16 Å². The average Bonchev–Trinajstić information content (AvgIpc) is 2.00. The second-order valence-electron chi connectivity index (χ2n) is 2.69. The fourth-order valence-corrected chi connectivity index (χ4v) is 0.747. The van der Waals surface area contributed by atoms with Crippen LogP contribution in [0.25, 0.3) is 0 Å². The van der Waals surface area contributed by atoms with Crippen molar-refractivity contribution in [3.05, 3.63) is 10.1 Å². The van der Waals surface area contributed by atoms with E-state index in [9.17, 15) is 14.9 Å². The maximum Gasteiger partial charge on any atom is 0.509 e. The lowest BCUT2D eigenvalue weighted by Crippen LogP contribution is -2.18. The molecular formula is C7H12ClNO6. The topological polar surface area (TPSA) is 87.9 Å². The third-order valence-corrected chi connectivity index (χ3v) is 1.36. The lowest BCUT2D eigenvalue weighted by atomic mass is 10.3. The third kappa shape index (κ3) is 9.07. The molecule has 0 radical (unpaired) electrons. The highest BCUT2D eigenvalue weighted by molar-refractivity contribution is 6.19. The van der Waals surface area contributed by atoms with Crippen LogP contribution in [-0.2, 0) is 14.3 Å². The maximum atomic E-state index is 10.8. The summed E-state index contributed by atoms with van der Waals surface area (Å²) in [5.74, 6) is 0. The Bertz CT molecular complexity index is 222. The SMILES string of the molecule is CC(Cl)OC(=O)OCC[C@@H](C)O[N+](=O)[O-]. The molecule has 88 valence electrons. The van der Waals surface area contributed by atoms with E-state index in [0.29, 0.717) is 0 Å². The molecule has 8 heteroatoms. The molecule has 0 rings (SSSR count). The highest BCUT2D eigenvalue weighted by Gasteiger charge is 2.10. The Morgan fingerprint density at radius 2 is 2.13 bits per heavy atom. The van der Waals surface area contributed by atoms with Gasteiger partial charge in [0.2, 0.25) is 0 Å². The second kappa shape index (κ2) is 7.10. The van der Waals surface area contributed by atoms with E-state index in [1.54, 1.807) is 0 Å². The van der Waals surface area contributed by atoms with E-state index >= 15 is 0 Å². The molecule has 0 heterocycles. The van der Waals surface area contributed by atoms with E-state index in [-0.39, 0.29) is 13.0 Å². The first-order valence-electron chi connectivity index (χ1n) is 4.20. The molecule has 0 aromatic carbocycles. The van der Waals surface area contributed by atoms with Gasteiger partial charge in [-0.25, -0.2) is 4.79 Å².